The first kappa shape index (κ1) is 15.7. The Labute approximate surface area is 141 Å². The second-order valence-corrected chi connectivity index (χ2v) is 5.59. The fourth-order valence-electron chi connectivity index (χ4n) is 2.27. The van der Waals surface area contributed by atoms with Crippen LogP contribution in [-0.2, 0) is 11.3 Å². The molecule has 3 rings (SSSR count). The third-order valence-corrected chi connectivity index (χ3v) is 3.64. The number of nitrogens with one attached hydrogen (secondary N) is 1. The lowest BCUT2D eigenvalue weighted by molar-refractivity contribution is -0.116. The monoisotopic (exact) mass is 317 g/mol. The SMILES string of the molecule is Cc1ccc(CNC(=O)C=Cc2cnn(-c3ccccc3)c2)cc1. The van der Waals surface area contributed by atoms with E-state index in [0.29, 0.717) is 6.54 Å². The van der Waals surface area contributed by atoms with E-state index in [1.807, 2.05) is 67.7 Å². The van der Waals surface area contributed by atoms with E-state index in [-0.39, 0.29) is 5.91 Å². The van der Waals surface area contributed by atoms with Crippen LogP contribution in [0.15, 0.2) is 73.1 Å². The zero-order valence-corrected chi connectivity index (χ0v) is 13.5. The zero-order chi connectivity index (χ0) is 16.8. The molecule has 1 N–H and O–H groups in total. The molecule has 0 radical (unpaired) electrons. The number of hydrogen-bond donors (Lipinski definition) is 1. The maximum atomic E-state index is 11.9. The van der Waals surface area contributed by atoms with Crippen molar-refractivity contribution >= 4 is 12.0 Å². The number of hydrogen-bond acceptors (Lipinski definition) is 2. The molecule has 0 spiro atoms. The van der Waals surface area contributed by atoms with Gasteiger partial charge in [0.25, 0.3) is 0 Å². The molecule has 4 nitrogen and oxygen atoms in total. The van der Waals surface area contributed by atoms with Crippen molar-refractivity contribution in [2.75, 3.05) is 0 Å². The zero-order valence-electron chi connectivity index (χ0n) is 13.5. The Morgan fingerprint density at radius 3 is 2.62 bits per heavy atom. The Hall–Kier alpha value is -3.14. The van der Waals surface area contributed by atoms with Gasteiger partial charge < -0.3 is 5.32 Å². The van der Waals surface area contributed by atoms with Crippen molar-refractivity contribution in [3.8, 4) is 5.69 Å². The summed E-state index contributed by atoms with van der Waals surface area (Å²) < 4.78 is 1.78. The van der Waals surface area contributed by atoms with E-state index in [4.69, 9.17) is 0 Å². The summed E-state index contributed by atoms with van der Waals surface area (Å²) >= 11 is 0. The Morgan fingerprint density at radius 1 is 1.12 bits per heavy atom. The number of carbonyl (C=O) groups is 1. The molecule has 0 unspecified atom stereocenters. The molecule has 120 valence electrons. The number of benzene rings is 2. The molecule has 3 aromatic rings. The molecule has 0 fully saturated rings. The van der Waals surface area contributed by atoms with Crippen LogP contribution in [0.3, 0.4) is 0 Å². The Balaban J connectivity index is 1.56. The van der Waals surface area contributed by atoms with E-state index in [0.717, 1.165) is 16.8 Å². The standard InChI is InChI=1S/C20H19N3O/c1-16-7-9-17(10-8-16)13-21-20(24)12-11-18-14-22-23(15-18)19-5-3-2-4-6-19/h2-12,14-15H,13H2,1H3,(H,21,24). The molecular weight excluding hydrogens is 298 g/mol. The predicted molar refractivity (Wildman–Crippen MR) is 95.6 cm³/mol. The summed E-state index contributed by atoms with van der Waals surface area (Å²) in [5.74, 6) is -0.122. The summed E-state index contributed by atoms with van der Waals surface area (Å²) in [5, 5.41) is 7.17. The van der Waals surface area contributed by atoms with Crippen molar-refractivity contribution in [1.29, 1.82) is 0 Å². The summed E-state index contributed by atoms with van der Waals surface area (Å²) in [6, 6.07) is 18.0. The molecule has 24 heavy (non-hydrogen) atoms. The van der Waals surface area contributed by atoms with Crippen LogP contribution in [0.4, 0.5) is 0 Å². The second-order valence-electron chi connectivity index (χ2n) is 5.59. The van der Waals surface area contributed by atoms with Gasteiger partial charge in [0, 0.05) is 24.4 Å². The number of para-hydroxylation sites is 1. The lowest BCUT2D eigenvalue weighted by atomic mass is 10.1. The van der Waals surface area contributed by atoms with Gasteiger partial charge in [-0.2, -0.15) is 5.10 Å². The molecule has 1 heterocycles. The molecule has 0 aliphatic heterocycles. The van der Waals surface area contributed by atoms with Crippen LogP contribution in [0.5, 0.6) is 0 Å². The number of carbonyl (C=O) groups excluding carboxylic acids is 1. The highest BCUT2D eigenvalue weighted by Gasteiger charge is 2.00. The number of aryl methyl sites for hydroxylation is 1. The van der Waals surface area contributed by atoms with Crippen LogP contribution in [0, 0.1) is 6.92 Å². The van der Waals surface area contributed by atoms with Gasteiger partial charge in [0.05, 0.1) is 11.9 Å². The lowest BCUT2D eigenvalue weighted by Crippen LogP contribution is -2.20. The maximum Gasteiger partial charge on any atom is 0.244 e. The minimum atomic E-state index is -0.122. The molecule has 0 saturated carbocycles. The maximum absolute atomic E-state index is 11.9. The van der Waals surface area contributed by atoms with E-state index < -0.39 is 0 Å². The highest BCUT2D eigenvalue weighted by Crippen LogP contribution is 2.08. The summed E-state index contributed by atoms with van der Waals surface area (Å²) in [7, 11) is 0. The van der Waals surface area contributed by atoms with E-state index in [1.54, 1.807) is 17.0 Å². The summed E-state index contributed by atoms with van der Waals surface area (Å²) in [4.78, 5) is 11.9. The molecule has 2 aromatic carbocycles. The van der Waals surface area contributed by atoms with Crippen LogP contribution >= 0.6 is 0 Å². The van der Waals surface area contributed by atoms with Crippen molar-refractivity contribution in [3.05, 3.63) is 89.8 Å². The molecule has 0 saturated heterocycles. The molecule has 0 bridgehead atoms. The smallest absolute Gasteiger partial charge is 0.244 e. The minimum Gasteiger partial charge on any atom is -0.348 e. The highest BCUT2D eigenvalue weighted by molar-refractivity contribution is 5.91. The number of rotatable bonds is 5. The Morgan fingerprint density at radius 2 is 1.88 bits per heavy atom. The normalized spacial score (nSPS) is 10.9. The third-order valence-electron chi connectivity index (χ3n) is 3.64. The van der Waals surface area contributed by atoms with Gasteiger partial charge in [0.15, 0.2) is 0 Å². The quantitative estimate of drug-likeness (QED) is 0.732. The number of nitrogens with zero attached hydrogens (tertiary/aromatic N) is 2. The second kappa shape index (κ2) is 7.42. The van der Waals surface area contributed by atoms with Gasteiger partial charge in [-0.05, 0) is 30.7 Å². The first-order valence-corrected chi connectivity index (χ1v) is 7.82. The van der Waals surface area contributed by atoms with Crippen molar-refractivity contribution in [1.82, 2.24) is 15.1 Å². The highest BCUT2D eigenvalue weighted by atomic mass is 16.1. The van der Waals surface area contributed by atoms with Gasteiger partial charge in [-0.3, -0.25) is 4.79 Å². The topological polar surface area (TPSA) is 46.9 Å². The van der Waals surface area contributed by atoms with Gasteiger partial charge in [0.1, 0.15) is 0 Å². The minimum absolute atomic E-state index is 0.122. The van der Waals surface area contributed by atoms with Crippen molar-refractivity contribution in [3.63, 3.8) is 0 Å². The third kappa shape index (κ3) is 4.20. The summed E-state index contributed by atoms with van der Waals surface area (Å²) in [6.07, 6.45) is 6.91. The first-order chi connectivity index (χ1) is 11.7. The van der Waals surface area contributed by atoms with Gasteiger partial charge >= 0.3 is 0 Å². The van der Waals surface area contributed by atoms with E-state index in [9.17, 15) is 4.79 Å². The molecular formula is C20H19N3O. The Bertz CT molecular complexity index is 833. The number of aromatic nitrogens is 2. The fraction of sp³-hybridized carbons (Fsp3) is 0.100. The first-order valence-electron chi connectivity index (χ1n) is 7.82. The van der Waals surface area contributed by atoms with Crippen molar-refractivity contribution in [2.24, 2.45) is 0 Å². The summed E-state index contributed by atoms with van der Waals surface area (Å²) in [6.45, 7) is 2.56. The van der Waals surface area contributed by atoms with Crippen molar-refractivity contribution in [2.45, 2.75) is 13.5 Å². The van der Waals surface area contributed by atoms with E-state index >= 15 is 0 Å². The van der Waals surface area contributed by atoms with Crippen LogP contribution in [0.2, 0.25) is 0 Å². The Kier molecular flexibility index (Phi) is 4.87. The lowest BCUT2D eigenvalue weighted by Gasteiger charge is -2.02. The predicted octanol–water partition coefficient (Wildman–Crippen LogP) is 3.51. The van der Waals surface area contributed by atoms with Gasteiger partial charge in [-0.15, -0.1) is 0 Å². The fourth-order valence-corrected chi connectivity index (χ4v) is 2.27. The average molecular weight is 317 g/mol. The van der Waals surface area contributed by atoms with Gasteiger partial charge in [-0.25, -0.2) is 4.68 Å². The molecule has 4 heteroatoms. The molecule has 1 amide bonds. The van der Waals surface area contributed by atoms with Crippen LogP contribution in [-0.4, -0.2) is 15.7 Å². The van der Waals surface area contributed by atoms with E-state index in [1.165, 1.54) is 11.6 Å². The van der Waals surface area contributed by atoms with E-state index in [2.05, 4.69) is 10.4 Å². The van der Waals surface area contributed by atoms with Gasteiger partial charge in [-0.1, -0.05) is 48.0 Å². The molecule has 0 atom stereocenters. The van der Waals surface area contributed by atoms with Crippen LogP contribution < -0.4 is 5.32 Å². The number of amides is 1. The van der Waals surface area contributed by atoms with Crippen LogP contribution in [0.1, 0.15) is 16.7 Å². The average Bonchev–Trinajstić information content (AvgIpc) is 3.09. The molecule has 1 aromatic heterocycles. The van der Waals surface area contributed by atoms with Crippen molar-refractivity contribution < 1.29 is 4.79 Å². The summed E-state index contributed by atoms with van der Waals surface area (Å²) in [5.41, 5.74) is 4.16. The molecule has 0 aliphatic carbocycles. The van der Waals surface area contributed by atoms with Crippen LogP contribution in [0.25, 0.3) is 11.8 Å². The van der Waals surface area contributed by atoms with Gasteiger partial charge in [0.2, 0.25) is 5.91 Å². The molecule has 0 aliphatic rings. The largest absolute Gasteiger partial charge is 0.348 e.